The van der Waals surface area contributed by atoms with E-state index in [4.69, 9.17) is 0 Å². The van der Waals surface area contributed by atoms with Crippen molar-refractivity contribution in [3.8, 4) is 0 Å². The Morgan fingerprint density at radius 1 is 1.00 bits per heavy atom. The van der Waals surface area contributed by atoms with Crippen molar-refractivity contribution in [2.75, 3.05) is 6.54 Å². The van der Waals surface area contributed by atoms with E-state index in [1.165, 1.54) is 6.08 Å². The van der Waals surface area contributed by atoms with Crippen LogP contribution in [0.25, 0.3) is 0 Å². The van der Waals surface area contributed by atoms with E-state index in [0.717, 1.165) is 0 Å². The number of carbonyl (C=O) groups is 5. The number of carboxylic acids is 1. The zero-order valence-corrected chi connectivity index (χ0v) is 22.7. The van der Waals surface area contributed by atoms with Gasteiger partial charge >= 0.3 is 12.0 Å². The molecular formula is C26H43N5O6. The fraction of sp³-hybridized carbons (Fsp3) is 0.654. The molecule has 208 valence electrons. The highest BCUT2D eigenvalue weighted by atomic mass is 16.4. The zero-order valence-electron chi connectivity index (χ0n) is 22.7. The van der Waals surface area contributed by atoms with E-state index in [9.17, 15) is 29.1 Å². The van der Waals surface area contributed by atoms with Crippen molar-refractivity contribution in [1.82, 2.24) is 26.6 Å². The van der Waals surface area contributed by atoms with Gasteiger partial charge in [-0.1, -0.05) is 72.6 Å². The molecular weight excluding hydrogens is 478 g/mol. The van der Waals surface area contributed by atoms with Crippen molar-refractivity contribution in [1.29, 1.82) is 0 Å². The molecule has 11 heteroatoms. The number of aliphatic carboxylic acids is 1. The molecule has 0 aromatic rings. The number of hydrogen-bond donors (Lipinski definition) is 6. The predicted octanol–water partition coefficient (Wildman–Crippen LogP) is 1.46. The summed E-state index contributed by atoms with van der Waals surface area (Å²) >= 11 is 0. The van der Waals surface area contributed by atoms with Gasteiger partial charge < -0.3 is 31.7 Å². The Morgan fingerprint density at radius 3 is 2.16 bits per heavy atom. The van der Waals surface area contributed by atoms with Crippen molar-refractivity contribution in [2.45, 2.75) is 85.0 Å². The van der Waals surface area contributed by atoms with Crippen LogP contribution < -0.4 is 26.6 Å². The smallest absolute Gasteiger partial charge is 0.326 e. The summed E-state index contributed by atoms with van der Waals surface area (Å²) in [5.74, 6) is -3.05. The number of carboxylic acid groups (broad SMARTS) is 1. The monoisotopic (exact) mass is 521 g/mol. The minimum atomic E-state index is -1.16. The maximum Gasteiger partial charge on any atom is 0.326 e. The Morgan fingerprint density at radius 2 is 1.59 bits per heavy atom. The number of nitrogens with one attached hydrogen (secondary N) is 5. The molecule has 1 heterocycles. The minimum Gasteiger partial charge on any atom is -0.480 e. The Hall–Kier alpha value is -3.37. The van der Waals surface area contributed by atoms with Gasteiger partial charge in [0.15, 0.2) is 0 Å². The molecule has 0 aliphatic carbocycles. The lowest BCUT2D eigenvalue weighted by atomic mass is 9.97. The van der Waals surface area contributed by atoms with Crippen LogP contribution in [0.3, 0.4) is 0 Å². The van der Waals surface area contributed by atoms with Gasteiger partial charge in [0, 0.05) is 18.7 Å². The van der Waals surface area contributed by atoms with E-state index >= 15 is 0 Å². The van der Waals surface area contributed by atoms with Gasteiger partial charge in [-0.15, -0.1) is 0 Å². The van der Waals surface area contributed by atoms with Gasteiger partial charge in [0.1, 0.15) is 18.1 Å². The third kappa shape index (κ3) is 10.6. The Labute approximate surface area is 219 Å². The summed E-state index contributed by atoms with van der Waals surface area (Å²) in [7, 11) is 0. The summed E-state index contributed by atoms with van der Waals surface area (Å²) in [4.78, 5) is 62.5. The molecule has 0 saturated carbocycles. The SMILES string of the molecule is CCC(C)C(NC(=O)NC(C(=O)NC1/C=C\CCNC(=O)/C=C\C(C(C)C)NC1=O)C(C)CC)C(=O)O. The number of rotatable bonds is 10. The molecule has 6 atom stereocenters. The Balaban J connectivity index is 3.08. The number of urea groups is 1. The lowest BCUT2D eigenvalue weighted by Gasteiger charge is -2.28. The van der Waals surface area contributed by atoms with Gasteiger partial charge in [-0.2, -0.15) is 0 Å². The van der Waals surface area contributed by atoms with Crippen molar-refractivity contribution in [2.24, 2.45) is 17.8 Å². The van der Waals surface area contributed by atoms with Crippen molar-refractivity contribution >= 4 is 29.7 Å². The van der Waals surface area contributed by atoms with E-state index < -0.39 is 48.0 Å². The first kappa shape index (κ1) is 31.7. The van der Waals surface area contributed by atoms with E-state index in [0.29, 0.717) is 25.8 Å². The maximum absolute atomic E-state index is 13.3. The molecule has 0 spiro atoms. The van der Waals surface area contributed by atoms with Crippen LogP contribution in [0.2, 0.25) is 0 Å². The number of hydrogen-bond acceptors (Lipinski definition) is 5. The van der Waals surface area contributed by atoms with Crippen LogP contribution in [0.4, 0.5) is 4.79 Å². The molecule has 0 fully saturated rings. The van der Waals surface area contributed by atoms with Gasteiger partial charge in [-0.3, -0.25) is 14.4 Å². The fourth-order valence-electron chi connectivity index (χ4n) is 3.61. The topological polar surface area (TPSA) is 166 Å². The van der Waals surface area contributed by atoms with E-state index in [-0.39, 0.29) is 23.7 Å². The van der Waals surface area contributed by atoms with Crippen LogP contribution in [-0.4, -0.2) is 65.5 Å². The first-order valence-electron chi connectivity index (χ1n) is 12.9. The summed E-state index contributed by atoms with van der Waals surface area (Å²) in [5, 5.41) is 22.8. The highest BCUT2D eigenvalue weighted by molar-refractivity contribution is 5.94. The van der Waals surface area contributed by atoms with Crippen molar-refractivity contribution < 1.29 is 29.1 Å². The molecule has 0 aromatic carbocycles. The molecule has 1 aliphatic heterocycles. The Bertz CT molecular complexity index is 872. The number of amides is 5. The molecule has 1 rings (SSSR count). The predicted molar refractivity (Wildman–Crippen MR) is 140 cm³/mol. The highest BCUT2D eigenvalue weighted by Crippen LogP contribution is 2.11. The molecule has 6 N–H and O–H groups in total. The largest absolute Gasteiger partial charge is 0.480 e. The average Bonchev–Trinajstić information content (AvgIpc) is 2.84. The third-order valence-corrected chi connectivity index (χ3v) is 6.55. The van der Waals surface area contributed by atoms with E-state index in [2.05, 4.69) is 26.6 Å². The highest BCUT2D eigenvalue weighted by Gasteiger charge is 2.32. The first-order chi connectivity index (χ1) is 17.4. The summed E-state index contributed by atoms with van der Waals surface area (Å²) in [6.45, 7) is 11.4. The second-order valence-electron chi connectivity index (χ2n) is 9.81. The van der Waals surface area contributed by atoms with Crippen molar-refractivity contribution in [3.63, 3.8) is 0 Å². The zero-order chi connectivity index (χ0) is 28.1. The molecule has 11 nitrogen and oxygen atoms in total. The first-order valence-corrected chi connectivity index (χ1v) is 12.9. The van der Waals surface area contributed by atoms with Crippen LogP contribution in [0.5, 0.6) is 0 Å². The molecule has 1 aliphatic rings. The lowest BCUT2D eigenvalue weighted by Crippen LogP contribution is -2.59. The Kier molecular flexibility index (Phi) is 13.4. The fourth-order valence-corrected chi connectivity index (χ4v) is 3.61. The second-order valence-corrected chi connectivity index (χ2v) is 9.81. The molecule has 0 aromatic heterocycles. The van der Waals surface area contributed by atoms with Gasteiger partial charge in [0.05, 0.1) is 0 Å². The van der Waals surface area contributed by atoms with E-state index in [1.807, 2.05) is 27.7 Å². The standard InChI is InChI=1S/C26H43N5O6/c1-7-16(5)21(30-26(37)31-22(25(35)36)17(6)8-2)24(34)29-19-11-9-10-14-27-20(32)13-12-18(15(3)4)28-23(19)33/h9,11-13,15-19,21-22H,7-8,10,14H2,1-6H3,(H,27,32)(H,28,33)(H,29,34)(H,35,36)(H2,30,31,37)/b11-9-,13-12-. The molecule has 0 saturated heterocycles. The van der Waals surface area contributed by atoms with Crippen LogP contribution in [0.15, 0.2) is 24.3 Å². The summed E-state index contributed by atoms with van der Waals surface area (Å²) < 4.78 is 0. The molecule has 6 unspecified atom stereocenters. The van der Waals surface area contributed by atoms with Gasteiger partial charge in [0.25, 0.3) is 0 Å². The third-order valence-electron chi connectivity index (χ3n) is 6.55. The molecule has 0 radical (unpaired) electrons. The van der Waals surface area contributed by atoms with Crippen LogP contribution in [0, 0.1) is 17.8 Å². The molecule has 0 bridgehead atoms. The van der Waals surface area contributed by atoms with Crippen LogP contribution >= 0.6 is 0 Å². The van der Waals surface area contributed by atoms with Crippen LogP contribution in [-0.2, 0) is 19.2 Å². The summed E-state index contributed by atoms with van der Waals surface area (Å²) in [5.41, 5.74) is 0. The summed E-state index contributed by atoms with van der Waals surface area (Å²) in [6.07, 6.45) is 7.81. The average molecular weight is 522 g/mol. The van der Waals surface area contributed by atoms with Gasteiger partial charge in [0.2, 0.25) is 17.7 Å². The van der Waals surface area contributed by atoms with Gasteiger partial charge in [-0.05, 0) is 24.2 Å². The van der Waals surface area contributed by atoms with Gasteiger partial charge in [-0.25, -0.2) is 9.59 Å². The molecule has 37 heavy (non-hydrogen) atoms. The second kappa shape index (κ2) is 15.7. The molecule has 5 amide bonds. The van der Waals surface area contributed by atoms with Crippen LogP contribution in [0.1, 0.15) is 60.8 Å². The minimum absolute atomic E-state index is 0.0119. The number of carbonyl (C=O) groups excluding carboxylic acids is 4. The van der Waals surface area contributed by atoms with E-state index in [1.54, 1.807) is 32.1 Å². The quantitative estimate of drug-likeness (QED) is 0.238. The summed E-state index contributed by atoms with van der Waals surface area (Å²) in [6, 6.07) is -4.33. The normalized spacial score (nSPS) is 23.5. The van der Waals surface area contributed by atoms with Crippen molar-refractivity contribution in [3.05, 3.63) is 24.3 Å². The maximum atomic E-state index is 13.3. The lowest BCUT2D eigenvalue weighted by molar-refractivity contribution is -0.140.